The summed E-state index contributed by atoms with van der Waals surface area (Å²) in [5, 5.41) is 9.87. The normalized spacial score (nSPS) is 34.7. The zero-order chi connectivity index (χ0) is 11.2. The Morgan fingerprint density at radius 3 is 2.40 bits per heavy atom. The maximum absolute atomic E-state index is 11.7. The van der Waals surface area contributed by atoms with Gasteiger partial charge >= 0.3 is 6.09 Å². The molecule has 2 aliphatic rings. The fourth-order valence-corrected chi connectivity index (χ4v) is 2.31. The van der Waals surface area contributed by atoms with E-state index in [2.05, 4.69) is 0 Å². The quantitative estimate of drug-likeness (QED) is 0.664. The second-order valence-electron chi connectivity index (χ2n) is 5.55. The van der Waals surface area contributed by atoms with Gasteiger partial charge in [0.1, 0.15) is 11.8 Å². The summed E-state index contributed by atoms with van der Waals surface area (Å²) < 4.78 is 5.24. The molecule has 0 aromatic heterocycles. The Morgan fingerprint density at radius 2 is 2.07 bits per heavy atom. The van der Waals surface area contributed by atoms with Crippen molar-refractivity contribution in [1.82, 2.24) is 4.90 Å². The number of hydrogen-bond acceptors (Lipinski definition) is 3. The van der Waals surface area contributed by atoms with Gasteiger partial charge in [-0.25, -0.2) is 4.79 Å². The molecule has 0 radical (unpaired) electrons. The highest BCUT2D eigenvalue weighted by molar-refractivity contribution is 5.69. The van der Waals surface area contributed by atoms with Gasteiger partial charge in [-0.2, -0.15) is 0 Å². The van der Waals surface area contributed by atoms with E-state index in [1.54, 1.807) is 0 Å². The monoisotopic (exact) mass is 213 g/mol. The number of aliphatic hydroxyl groups excluding tert-OH is 1. The number of carbonyl (C=O) groups is 1. The number of fused-ring (bicyclic) bond motifs is 1. The molecule has 2 fully saturated rings. The summed E-state index contributed by atoms with van der Waals surface area (Å²) in [7, 11) is 0. The summed E-state index contributed by atoms with van der Waals surface area (Å²) in [4.78, 5) is 13.2. The Balaban J connectivity index is 1.96. The van der Waals surface area contributed by atoms with Crippen molar-refractivity contribution in [3.63, 3.8) is 0 Å². The van der Waals surface area contributed by atoms with Gasteiger partial charge in [0.25, 0.3) is 0 Å². The summed E-state index contributed by atoms with van der Waals surface area (Å²) in [6.07, 6.45) is 1.15. The van der Waals surface area contributed by atoms with Gasteiger partial charge in [0.15, 0.2) is 0 Å². The van der Waals surface area contributed by atoms with Crippen molar-refractivity contribution < 1.29 is 14.6 Å². The van der Waals surface area contributed by atoms with Crippen LogP contribution in [-0.2, 0) is 4.74 Å². The van der Waals surface area contributed by atoms with E-state index in [4.69, 9.17) is 4.74 Å². The third-order valence-electron chi connectivity index (χ3n) is 3.24. The molecule has 0 aromatic rings. The van der Waals surface area contributed by atoms with Crippen LogP contribution in [0.1, 0.15) is 33.6 Å². The lowest BCUT2D eigenvalue weighted by molar-refractivity contribution is -0.0323. The first-order chi connectivity index (χ1) is 6.88. The fourth-order valence-electron chi connectivity index (χ4n) is 2.31. The van der Waals surface area contributed by atoms with E-state index in [9.17, 15) is 9.90 Å². The topological polar surface area (TPSA) is 49.8 Å². The molecule has 4 heteroatoms. The number of ether oxygens (including phenoxy) is 1. The zero-order valence-electron chi connectivity index (χ0n) is 9.56. The number of nitrogens with zero attached hydrogens (tertiary/aromatic N) is 1. The highest BCUT2D eigenvalue weighted by Crippen LogP contribution is 2.44. The lowest BCUT2D eigenvalue weighted by Gasteiger charge is -2.30. The molecule has 15 heavy (non-hydrogen) atoms. The van der Waals surface area contributed by atoms with Crippen LogP contribution >= 0.6 is 0 Å². The number of rotatable bonds is 0. The lowest BCUT2D eigenvalue weighted by atomic mass is 9.76. The van der Waals surface area contributed by atoms with Crippen molar-refractivity contribution >= 4 is 6.09 Å². The lowest BCUT2D eigenvalue weighted by Crippen LogP contribution is -2.41. The van der Waals surface area contributed by atoms with Gasteiger partial charge in [0.05, 0.1) is 0 Å². The molecule has 3 unspecified atom stereocenters. The third-order valence-corrected chi connectivity index (χ3v) is 3.24. The maximum atomic E-state index is 11.7. The first-order valence-electron chi connectivity index (χ1n) is 5.56. The zero-order valence-corrected chi connectivity index (χ0v) is 9.56. The Kier molecular flexibility index (Phi) is 2.41. The van der Waals surface area contributed by atoms with Crippen molar-refractivity contribution in [2.45, 2.75) is 45.4 Å². The average Bonchev–Trinajstić information content (AvgIpc) is 2.18. The second kappa shape index (κ2) is 3.37. The Hall–Kier alpha value is -0.770. The molecular formula is C11H19NO3. The summed E-state index contributed by atoms with van der Waals surface area (Å²) in [6.45, 7) is 6.16. The minimum absolute atomic E-state index is 0.289. The molecule has 3 atom stereocenters. The highest BCUT2D eigenvalue weighted by atomic mass is 16.6. The molecule has 86 valence electrons. The van der Waals surface area contributed by atoms with Crippen LogP contribution < -0.4 is 0 Å². The molecule has 2 rings (SSSR count). The van der Waals surface area contributed by atoms with Crippen molar-refractivity contribution in [3.8, 4) is 0 Å². The van der Waals surface area contributed by atoms with E-state index in [1.807, 2.05) is 20.8 Å². The van der Waals surface area contributed by atoms with Gasteiger partial charge in [0, 0.05) is 12.5 Å². The number of hydrogen-bond donors (Lipinski definition) is 1. The van der Waals surface area contributed by atoms with Crippen molar-refractivity contribution in [2.75, 3.05) is 6.54 Å². The van der Waals surface area contributed by atoms with E-state index in [-0.39, 0.29) is 12.0 Å². The summed E-state index contributed by atoms with van der Waals surface area (Å²) in [5.74, 6) is 0.782. The largest absolute Gasteiger partial charge is 0.444 e. The molecule has 0 spiro atoms. The molecule has 1 saturated carbocycles. The molecule has 1 saturated heterocycles. The predicted octanol–water partition coefficient (Wildman–Crippen LogP) is 1.58. The Labute approximate surface area is 90.2 Å². The van der Waals surface area contributed by atoms with Crippen molar-refractivity contribution in [2.24, 2.45) is 11.8 Å². The second-order valence-corrected chi connectivity index (χ2v) is 5.55. The summed E-state index contributed by atoms with van der Waals surface area (Å²) in [6, 6.07) is 0. The number of likely N-dealkylation sites (tertiary alicyclic amines) is 1. The van der Waals surface area contributed by atoms with E-state index in [0.29, 0.717) is 12.5 Å². The van der Waals surface area contributed by atoms with Crippen molar-refractivity contribution in [1.29, 1.82) is 0 Å². The van der Waals surface area contributed by atoms with E-state index < -0.39 is 11.8 Å². The molecular weight excluding hydrogens is 194 g/mol. The van der Waals surface area contributed by atoms with Crippen LogP contribution in [0.3, 0.4) is 0 Å². The summed E-state index contributed by atoms with van der Waals surface area (Å²) in [5.41, 5.74) is -0.488. The minimum atomic E-state index is -0.626. The Morgan fingerprint density at radius 1 is 1.40 bits per heavy atom. The van der Waals surface area contributed by atoms with Crippen LogP contribution in [0.25, 0.3) is 0 Å². The van der Waals surface area contributed by atoms with E-state index in [0.717, 1.165) is 12.8 Å². The smallest absolute Gasteiger partial charge is 0.412 e. The number of amides is 1. The molecule has 1 heterocycles. The third kappa shape index (κ3) is 1.95. The first kappa shape index (κ1) is 10.7. The molecule has 1 N–H and O–H groups in total. The van der Waals surface area contributed by atoms with Gasteiger partial charge in [-0.3, -0.25) is 4.90 Å². The molecule has 1 aliphatic heterocycles. The van der Waals surface area contributed by atoms with Crippen LogP contribution in [0.15, 0.2) is 0 Å². The highest BCUT2D eigenvalue weighted by Gasteiger charge is 2.48. The van der Waals surface area contributed by atoms with E-state index >= 15 is 0 Å². The molecule has 1 aliphatic carbocycles. The van der Waals surface area contributed by atoms with E-state index in [1.165, 1.54) is 4.90 Å². The molecule has 0 bridgehead atoms. The summed E-state index contributed by atoms with van der Waals surface area (Å²) >= 11 is 0. The minimum Gasteiger partial charge on any atom is -0.444 e. The van der Waals surface area contributed by atoms with Crippen LogP contribution in [0.4, 0.5) is 4.79 Å². The molecule has 0 aromatic carbocycles. The van der Waals surface area contributed by atoms with Gasteiger partial charge in [-0.1, -0.05) is 0 Å². The predicted molar refractivity (Wildman–Crippen MR) is 55.2 cm³/mol. The van der Waals surface area contributed by atoms with Crippen LogP contribution in [0.2, 0.25) is 0 Å². The van der Waals surface area contributed by atoms with Crippen LogP contribution in [0, 0.1) is 11.8 Å². The van der Waals surface area contributed by atoms with Gasteiger partial charge in [-0.05, 0) is 39.5 Å². The van der Waals surface area contributed by atoms with Gasteiger partial charge in [-0.15, -0.1) is 0 Å². The van der Waals surface area contributed by atoms with Crippen LogP contribution in [0.5, 0.6) is 0 Å². The van der Waals surface area contributed by atoms with Gasteiger partial charge < -0.3 is 9.84 Å². The van der Waals surface area contributed by atoms with Gasteiger partial charge in [0.2, 0.25) is 0 Å². The standard InChI is InChI=1S/C11H19NO3/c1-11(2,3)15-10(14)12-6-7-4-5-8(7)9(12)13/h7-9,13H,4-6H2,1-3H3. The van der Waals surface area contributed by atoms with Crippen molar-refractivity contribution in [3.05, 3.63) is 0 Å². The van der Waals surface area contributed by atoms with Crippen LogP contribution in [-0.4, -0.2) is 34.5 Å². The Bertz CT molecular complexity index is 271. The first-order valence-corrected chi connectivity index (χ1v) is 5.56. The average molecular weight is 213 g/mol. The number of carbonyl (C=O) groups excluding carboxylic acids is 1. The molecule has 1 amide bonds. The SMILES string of the molecule is CC(C)(C)OC(=O)N1CC2CCC2C1O. The number of aliphatic hydroxyl groups is 1. The fraction of sp³-hybridized carbons (Fsp3) is 0.909. The molecule has 4 nitrogen and oxygen atoms in total. The maximum Gasteiger partial charge on any atom is 0.412 e.